The lowest BCUT2D eigenvalue weighted by Gasteiger charge is -2.23. The zero-order valence-electron chi connectivity index (χ0n) is 15.2. The van der Waals surface area contributed by atoms with Crippen LogP contribution in [0.25, 0.3) is 10.6 Å². The van der Waals surface area contributed by atoms with E-state index in [4.69, 9.17) is 4.74 Å². The molecule has 0 spiro atoms. The van der Waals surface area contributed by atoms with E-state index < -0.39 is 11.4 Å². The van der Waals surface area contributed by atoms with Crippen LogP contribution in [0.1, 0.15) is 36.7 Å². The van der Waals surface area contributed by atoms with Crippen molar-refractivity contribution in [2.45, 2.75) is 26.2 Å². The predicted octanol–water partition coefficient (Wildman–Crippen LogP) is 3.54. The van der Waals surface area contributed by atoms with Crippen LogP contribution in [0, 0.1) is 11.3 Å². The van der Waals surface area contributed by atoms with Gasteiger partial charge in [0.05, 0.1) is 12.0 Å². The number of ether oxygens (including phenoxy) is 1. The fraction of sp³-hybridized carbons (Fsp3) is 0.450. The van der Waals surface area contributed by atoms with Crippen LogP contribution < -0.4 is 4.74 Å². The average Bonchev–Trinajstić information content (AvgIpc) is 3.36. The van der Waals surface area contributed by atoms with Crippen molar-refractivity contribution in [3.05, 3.63) is 35.3 Å². The van der Waals surface area contributed by atoms with Crippen LogP contribution in [-0.4, -0.2) is 46.6 Å². The van der Waals surface area contributed by atoms with E-state index in [1.807, 2.05) is 31.2 Å². The number of carboxylic acids is 1. The first-order valence-electron chi connectivity index (χ1n) is 9.25. The molecule has 1 aromatic carbocycles. The largest absolute Gasteiger partial charge is 0.494 e. The number of aliphatic carboxylic acids is 1. The molecule has 2 heterocycles. The Labute approximate surface area is 161 Å². The Morgan fingerprint density at radius 1 is 1.37 bits per heavy atom. The summed E-state index contributed by atoms with van der Waals surface area (Å²) < 4.78 is 5.45. The van der Waals surface area contributed by atoms with Crippen LogP contribution in [0.5, 0.6) is 5.75 Å². The minimum atomic E-state index is -0.770. The molecule has 2 aliphatic rings. The second-order valence-corrected chi connectivity index (χ2v) is 8.09. The molecule has 1 saturated carbocycles. The number of nitrogens with zero attached hydrogens (tertiary/aromatic N) is 2. The number of benzene rings is 1. The molecule has 2 aromatic rings. The number of hydrogen-bond donors (Lipinski definition) is 1. The maximum absolute atomic E-state index is 12.9. The summed E-state index contributed by atoms with van der Waals surface area (Å²) in [5, 5.41) is 12.2. The summed E-state index contributed by atoms with van der Waals surface area (Å²) in [5.41, 5.74) is 0.566. The first kappa shape index (κ1) is 18.0. The van der Waals surface area contributed by atoms with Gasteiger partial charge >= 0.3 is 5.97 Å². The van der Waals surface area contributed by atoms with Crippen LogP contribution in [0.3, 0.4) is 0 Å². The van der Waals surface area contributed by atoms with Crippen molar-refractivity contribution in [1.82, 2.24) is 9.88 Å². The summed E-state index contributed by atoms with van der Waals surface area (Å²) in [6.07, 6.45) is 2.47. The lowest BCUT2D eigenvalue weighted by molar-refractivity contribution is -0.149. The van der Waals surface area contributed by atoms with E-state index >= 15 is 0 Å². The summed E-state index contributed by atoms with van der Waals surface area (Å²) in [6.45, 7) is 3.36. The highest BCUT2D eigenvalue weighted by Crippen LogP contribution is 2.49. The number of fused-ring (bicyclic) bond motifs is 1. The van der Waals surface area contributed by atoms with Gasteiger partial charge in [0, 0.05) is 24.0 Å². The second-order valence-electron chi connectivity index (χ2n) is 7.23. The van der Waals surface area contributed by atoms with Gasteiger partial charge in [0.15, 0.2) is 0 Å². The summed E-state index contributed by atoms with van der Waals surface area (Å²) in [5.74, 6) is -0.0769. The van der Waals surface area contributed by atoms with Gasteiger partial charge in [0.25, 0.3) is 5.91 Å². The van der Waals surface area contributed by atoms with Crippen LogP contribution in [0.2, 0.25) is 0 Å². The Morgan fingerprint density at radius 3 is 2.81 bits per heavy atom. The zero-order chi connectivity index (χ0) is 19.0. The fourth-order valence-electron chi connectivity index (χ4n) is 4.32. The molecule has 1 aliphatic carbocycles. The summed E-state index contributed by atoms with van der Waals surface area (Å²) >= 11 is 1.42. The van der Waals surface area contributed by atoms with Crippen molar-refractivity contribution in [2.24, 2.45) is 11.3 Å². The molecule has 6 nitrogen and oxygen atoms in total. The first-order chi connectivity index (χ1) is 13.0. The van der Waals surface area contributed by atoms with Crippen LogP contribution >= 0.6 is 11.3 Å². The number of rotatable bonds is 5. The van der Waals surface area contributed by atoms with E-state index in [1.165, 1.54) is 11.3 Å². The van der Waals surface area contributed by atoms with Crippen molar-refractivity contribution in [2.75, 3.05) is 19.7 Å². The van der Waals surface area contributed by atoms with Gasteiger partial charge in [-0.15, -0.1) is 11.3 Å². The third-order valence-electron chi connectivity index (χ3n) is 5.72. The molecule has 2 atom stereocenters. The van der Waals surface area contributed by atoms with E-state index in [0.29, 0.717) is 31.8 Å². The number of amides is 1. The third kappa shape index (κ3) is 3.10. The van der Waals surface area contributed by atoms with Crippen LogP contribution in [0.4, 0.5) is 0 Å². The molecule has 1 amide bonds. The van der Waals surface area contributed by atoms with Gasteiger partial charge in [0.2, 0.25) is 0 Å². The smallest absolute Gasteiger partial charge is 0.311 e. The Kier molecular flexibility index (Phi) is 4.63. The highest BCUT2D eigenvalue weighted by Gasteiger charge is 2.55. The van der Waals surface area contributed by atoms with Gasteiger partial charge < -0.3 is 14.7 Å². The standard InChI is InChI=1S/C20H22N2O4S/c1-2-26-15-7-5-13(6-8-15)17-21-16(11-27-17)18(23)22-10-14-4-3-9-20(14,12-22)19(24)25/h5-8,11,14H,2-4,9-10,12H2,1H3,(H,24,25)/t14-,20+/m0/s1. The second kappa shape index (κ2) is 6.96. The molecule has 0 unspecified atom stereocenters. The quantitative estimate of drug-likeness (QED) is 0.850. The molecular formula is C20H22N2O4S. The summed E-state index contributed by atoms with van der Waals surface area (Å²) in [4.78, 5) is 30.9. The topological polar surface area (TPSA) is 79.7 Å². The Bertz CT molecular complexity index is 863. The van der Waals surface area contributed by atoms with Crippen molar-refractivity contribution in [1.29, 1.82) is 0 Å². The maximum Gasteiger partial charge on any atom is 0.311 e. The number of thiazole rings is 1. The van der Waals surface area contributed by atoms with E-state index in [0.717, 1.165) is 29.2 Å². The Morgan fingerprint density at radius 2 is 2.15 bits per heavy atom. The van der Waals surface area contributed by atoms with Crippen molar-refractivity contribution in [3.8, 4) is 16.3 Å². The lowest BCUT2D eigenvalue weighted by atomic mass is 9.81. The van der Waals surface area contributed by atoms with E-state index in [9.17, 15) is 14.7 Å². The lowest BCUT2D eigenvalue weighted by Crippen LogP contribution is -2.37. The molecular weight excluding hydrogens is 364 g/mol. The Hall–Kier alpha value is -2.41. The van der Waals surface area contributed by atoms with Crippen LogP contribution in [-0.2, 0) is 4.79 Å². The Balaban J connectivity index is 1.50. The van der Waals surface area contributed by atoms with Gasteiger partial charge in [-0.05, 0) is 49.9 Å². The molecule has 1 N–H and O–H groups in total. The van der Waals surface area contributed by atoms with Gasteiger partial charge in [0.1, 0.15) is 16.5 Å². The minimum absolute atomic E-state index is 0.0585. The maximum atomic E-state index is 12.9. The van der Waals surface area contributed by atoms with Crippen molar-refractivity contribution in [3.63, 3.8) is 0 Å². The third-order valence-corrected chi connectivity index (χ3v) is 6.61. The molecule has 7 heteroatoms. The molecule has 142 valence electrons. The van der Waals surface area contributed by atoms with Gasteiger partial charge in [-0.3, -0.25) is 9.59 Å². The van der Waals surface area contributed by atoms with E-state index in [-0.39, 0.29) is 11.8 Å². The van der Waals surface area contributed by atoms with Gasteiger partial charge in [-0.25, -0.2) is 4.98 Å². The van der Waals surface area contributed by atoms with Crippen molar-refractivity contribution < 1.29 is 19.4 Å². The SMILES string of the molecule is CCOc1ccc(-c2nc(C(=O)N3C[C@@H]4CCC[C@@]4(C(=O)O)C3)cs2)cc1. The molecule has 4 rings (SSSR count). The fourth-order valence-corrected chi connectivity index (χ4v) is 5.12. The minimum Gasteiger partial charge on any atom is -0.494 e. The molecule has 1 saturated heterocycles. The zero-order valence-corrected chi connectivity index (χ0v) is 16.0. The summed E-state index contributed by atoms with van der Waals surface area (Å²) in [6, 6.07) is 7.63. The number of carbonyl (C=O) groups is 2. The van der Waals surface area contributed by atoms with Gasteiger partial charge in [-0.2, -0.15) is 0 Å². The molecule has 1 aromatic heterocycles. The summed E-state index contributed by atoms with van der Waals surface area (Å²) in [7, 11) is 0. The highest BCUT2D eigenvalue weighted by atomic mass is 32.1. The normalized spacial score (nSPS) is 24.0. The van der Waals surface area contributed by atoms with E-state index in [1.54, 1.807) is 10.3 Å². The van der Waals surface area contributed by atoms with E-state index in [2.05, 4.69) is 4.98 Å². The number of carboxylic acid groups (broad SMARTS) is 1. The number of hydrogen-bond acceptors (Lipinski definition) is 5. The molecule has 0 radical (unpaired) electrons. The monoisotopic (exact) mass is 386 g/mol. The molecule has 1 aliphatic heterocycles. The average molecular weight is 386 g/mol. The van der Waals surface area contributed by atoms with Crippen molar-refractivity contribution >= 4 is 23.2 Å². The number of aromatic nitrogens is 1. The number of likely N-dealkylation sites (tertiary alicyclic amines) is 1. The van der Waals surface area contributed by atoms with Gasteiger partial charge in [-0.1, -0.05) is 6.42 Å². The highest BCUT2D eigenvalue weighted by molar-refractivity contribution is 7.13. The molecule has 2 fully saturated rings. The molecule has 27 heavy (non-hydrogen) atoms. The van der Waals surface area contributed by atoms with Crippen LogP contribution in [0.15, 0.2) is 29.6 Å². The molecule has 0 bridgehead atoms. The predicted molar refractivity (Wildman–Crippen MR) is 102 cm³/mol. The number of carbonyl (C=O) groups excluding carboxylic acids is 1. The first-order valence-corrected chi connectivity index (χ1v) is 10.1.